The molecule has 2 amide bonds. The normalized spacial score (nSPS) is 20.5. The van der Waals surface area contributed by atoms with Gasteiger partial charge in [0.2, 0.25) is 0 Å². The maximum atomic E-state index is 14.4. The van der Waals surface area contributed by atoms with E-state index in [-0.39, 0.29) is 23.4 Å². The molecule has 0 unspecified atom stereocenters. The maximum Gasteiger partial charge on any atom is 0.321 e. The second-order valence-corrected chi connectivity index (χ2v) is 10.0. The quantitative estimate of drug-likeness (QED) is 0.643. The molecular formula is C22H33FN8O2. The van der Waals surface area contributed by atoms with Crippen LogP contribution in [0.1, 0.15) is 59.7 Å². The fourth-order valence-electron chi connectivity index (χ4n) is 4.47. The lowest BCUT2D eigenvalue weighted by atomic mass is 9.79. The third kappa shape index (κ3) is 3.68. The van der Waals surface area contributed by atoms with Crippen LogP contribution in [0.3, 0.4) is 0 Å². The summed E-state index contributed by atoms with van der Waals surface area (Å²) in [5.41, 5.74) is 0.358. The van der Waals surface area contributed by atoms with Gasteiger partial charge in [-0.05, 0) is 48.5 Å². The number of anilines is 2. The molecule has 180 valence electrons. The molecule has 33 heavy (non-hydrogen) atoms. The molecular weight excluding hydrogens is 427 g/mol. The largest absolute Gasteiger partial charge is 0.464 e. The van der Waals surface area contributed by atoms with E-state index in [1.807, 2.05) is 23.6 Å². The van der Waals surface area contributed by atoms with E-state index in [0.717, 1.165) is 24.0 Å². The number of nitrogens with one attached hydrogen (secondary N) is 3. The van der Waals surface area contributed by atoms with Crippen LogP contribution in [-0.2, 0) is 12.1 Å². The Balaban J connectivity index is 1.61. The molecule has 0 aliphatic carbocycles. The minimum Gasteiger partial charge on any atom is -0.464 e. The van der Waals surface area contributed by atoms with Crippen LogP contribution in [0.25, 0.3) is 0 Å². The Morgan fingerprint density at radius 1 is 1.21 bits per heavy atom. The van der Waals surface area contributed by atoms with Crippen LogP contribution in [0.5, 0.6) is 6.01 Å². The molecule has 2 aromatic heterocycles. The Labute approximate surface area is 193 Å². The predicted molar refractivity (Wildman–Crippen MR) is 122 cm³/mol. The topological polar surface area (TPSA) is 111 Å². The summed E-state index contributed by atoms with van der Waals surface area (Å²) in [5.74, 6) is -0.228. The van der Waals surface area contributed by atoms with Gasteiger partial charge in [-0.3, -0.25) is 5.10 Å². The molecule has 3 N–H and O–H groups in total. The molecule has 0 spiro atoms. The van der Waals surface area contributed by atoms with Crippen LogP contribution < -0.4 is 15.4 Å². The number of ether oxygens (including phenoxy) is 1. The van der Waals surface area contributed by atoms with E-state index in [1.54, 1.807) is 6.92 Å². The third-order valence-electron chi connectivity index (χ3n) is 7.27. The SMILES string of the molecule is CCOc1ncc(F)c(Nc2n[nH]c3c2CN(C(=O)N2CCNC(C)(C)C2(C)C)C3(C)C)n1. The molecule has 1 fully saturated rings. The van der Waals surface area contributed by atoms with Gasteiger partial charge in [-0.2, -0.15) is 10.1 Å². The zero-order valence-corrected chi connectivity index (χ0v) is 20.3. The van der Waals surface area contributed by atoms with E-state index in [9.17, 15) is 9.18 Å². The second kappa shape index (κ2) is 7.82. The lowest BCUT2D eigenvalue weighted by Gasteiger charge is -2.55. The molecule has 0 radical (unpaired) electrons. The number of rotatable bonds is 4. The molecule has 0 saturated carbocycles. The Hall–Kier alpha value is -2.95. The summed E-state index contributed by atoms with van der Waals surface area (Å²) in [6.45, 7) is 16.2. The van der Waals surface area contributed by atoms with Crippen LogP contribution in [-0.4, -0.2) is 66.8 Å². The van der Waals surface area contributed by atoms with Gasteiger partial charge in [0.15, 0.2) is 17.5 Å². The summed E-state index contributed by atoms with van der Waals surface area (Å²) in [6, 6.07) is 0.0382. The molecule has 2 aromatic rings. The molecule has 0 aromatic carbocycles. The monoisotopic (exact) mass is 460 g/mol. The summed E-state index contributed by atoms with van der Waals surface area (Å²) >= 11 is 0. The van der Waals surface area contributed by atoms with Crippen molar-refractivity contribution in [3.8, 4) is 6.01 Å². The Morgan fingerprint density at radius 2 is 1.94 bits per heavy atom. The van der Waals surface area contributed by atoms with Crippen LogP contribution in [0.4, 0.5) is 20.8 Å². The van der Waals surface area contributed by atoms with Crippen molar-refractivity contribution in [2.45, 2.75) is 71.6 Å². The van der Waals surface area contributed by atoms with E-state index >= 15 is 0 Å². The van der Waals surface area contributed by atoms with Crippen molar-refractivity contribution >= 4 is 17.7 Å². The standard InChI is InChI=1S/C22H33FN8O2/c1-8-33-18-24-11-14(23)17(27-18)26-16-13-12-31(20(2,3)15(13)28-29-16)19(32)30-10-9-25-21(4,5)22(30,6)7/h11,25H,8-10,12H2,1-7H3,(H2,24,26,27,28,29). The Morgan fingerprint density at radius 3 is 2.64 bits per heavy atom. The first-order valence-corrected chi connectivity index (χ1v) is 11.2. The first kappa shape index (κ1) is 23.2. The molecule has 10 nitrogen and oxygen atoms in total. The molecule has 0 atom stereocenters. The van der Waals surface area contributed by atoms with Gasteiger partial charge in [-0.25, -0.2) is 14.2 Å². The number of aromatic amines is 1. The number of H-pyrrole nitrogens is 1. The number of amides is 2. The number of aromatic nitrogens is 4. The lowest BCUT2D eigenvalue weighted by molar-refractivity contribution is 0.00829. The van der Waals surface area contributed by atoms with Crippen molar-refractivity contribution in [2.75, 3.05) is 25.0 Å². The molecule has 4 rings (SSSR count). The van der Waals surface area contributed by atoms with E-state index in [2.05, 4.69) is 58.5 Å². The average Bonchev–Trinajstić information content (AvgIpc) is 3.24. The van der Waals surface area contributed by atoms with Crippen LogP contribution in [0.2, 0.25) is 0 Å². The number of nitrogens with zero attached hydrogens (tertiary/aromatic N) is 5. The number of carbonyl (C=O) groups excluding carboxylic acids is 1. The molecule has 11 heteroatoms. The van der Waals surface area contributed by atoms with E-state index in [1.165, 1.54) is 0 Å². The second-order valence-electron chi connectivity index (χ2n) is 10.0. The fourth-order valence-corrected chi connectivity index (χ4v) is 4.47. The van der Waals surface area contributed by atoms with Crippen molar-refractivity contribution in [3.05, 3.63) is 23.3 Å². The van der Waals surface area contributed by atoms with Gasteiger partial charge in [-0.15, -0.1) is 0 Å². The highest BCUT2D eigenvalue weighted by Crippen LogP contribution is 2.43. The fraction of sp³-hybridized carbons (Fsp3) is 0.636. The van der Waals surface area contributed by atoms with E-state index < -0.39 is 16.9 Å². The zero-order valence-electron chi connectivity index (χ0n) is 20.3. The van der Waals surface area contributed by atoms with Gasteiger partial charge in [-0.1, -0.05) is 0 Å². The van der Waals surface area contributed by atoms with Crippen LogP contribution in [0.15, 0.2) is 6.20 Å². The van der Waals surface area contributed by atoms with Gasteiger partial charge in [0.05, 0.1) is 36.1 Å². The summed E-state index contributed by atoms with van der Waals surface area (Å²) in [7, 11) is 0. The van der Waals surface area contributed by atoms with E-state index in [4.69, 9.17) is 4.74 Å². The number of piperazine rings is 1. The summed E-state index contributed by atoms with van der Waals surface area (Å²) < 4.78 is 19.6. The van der Waals surface area contributed by atoms with Gasteiger partial charge in [0.1, 0.15) is 0 Å². The minimum atomic E-state index is -0.620. The zero-order chi connectivity index (χ0) is 24.2. The molecule has 1 saturated heterocycles. The van der Waals surface area contributed by atoms with Crippen LogP contribution in [0, 0.1) is 5.82 Å². The van der Waals surface area contributed by atoms with Gasteiger partial charge in [0.25, 0.3) is 0 Å². The van der Waals surface area contributed by atoms with Crippen molar-refractivity contribution in [1.82, 2.24) is 35.3 Å². The Kier molecular flexibility index (Phi) is 5.50. The van der Waals surface area contributed by atoms with Crippen LogP contribution >= 0.6 is 0 Å². The lowest BCUT2D eigenvalue weighted by Crippen LogP contribution is -2.72. The third-order valence-corrected chi connectivity index (χ3v) is 7.27. The van der Waals surface area contributed by atoms with Gasteiger partial charge in [0, 0.05) is 24.2 Å². The van der Waals surface area contributed by atoms with Crippen molar-refractivity contribution in [2.24, 2.45) is 0 Å². The highest BCUT2D eigenvalue weighted by Gasteiger charge is 2.51. The number of fused-ring (bicyclic) bond motifs is 1. The van der Waals surface area contributed by atoms with Crippen molar-refractivity contribution in [3.63, 3.8) is 0 Å². The molecule has 2 aliphatic heterocycles. The highest BCUT2D eigenvalue weighted by atomic mass is 19.1. The molecule has 4 heterocycles. The first-order chi connectivity index (χ1) is 15.4. The van der Waals surface area contributed by atoms with Crippen molar-refractivity contribution in [1.29, 1.82) is 0 Å². The minimum absolute atomic E-state index is 0.0321. The summed E-state index contributed by atoms with van der Waals surface area (Å²) in [6.07, 6.45) is 1.06. The average molecular weight is 461 g/mol. The number of hydrogen-bond acceptors (Lipinski definition) is 7. The van der Waals surface area contributed by atoms with Gasteiger partial charge >= 0.3 is 12.0 Å². The summed E-state index contributed by atoms with van der Waals surface area (Å²) in [5, 5.41) is 13.8. The smallest absolute Gasteiger partial charge is 0.321 e. The number of hydrogen-bond donors (Lipinski definition) is 3. The summed E-state index contributed by atoms with van der Waals surface area (Å²) in [4.78, 5) is 25.5. The number of carbonyl (C=O) groups is 1. The first-order valence-electron chi connectivity index (χ1n) is 11.2. The number of halogens is 1. The maximum absolute atomic E-state index is 14.4. The molecule has 2 aliphatic rings. The predicted octanol–water partition coefficient (Wildman–Crippen LogP) is 3.11. The molecule has 0 bridgehead atoms. The highest BCUT2D eigenvalue weighted by molar-refractivity contribution is 5.79. The Bertz CT molecular complexity index is 1060. The van der Waals surface area contributed by atoms with Crippen molar-refractivity contribution < 1.29 is 13.9 Å². The number of urea groups is 1. The van der Waals surface area contributed by atoms with E-state index in [0.29, 0.717) is 25.5 Å². The van der Waals surface area contributed by atoms with Gasteiger partial charge < -0.3 is 25.2 Å².